The Morgan fingerprint density at radius 2 is 1.20 bits per heavy atom. The molecule has 3 aromatic rings. The molecule has 0 unspecified atom stereocenters. The smallest absolute Gasteiger partial charge is 0.206 e. The van der Waals surface area contributed by atoms with Crippen molar-refractivity contribution in [2.75, 3.05) is 0 Å². The molecule has 0 aliphatic rings. The Labute approximate surface area is 196 Å². The summed E-state index contributed by atoms with van der Waals surface area (Å²) >= 11 is 0. The molecule has 0 nitrogen and oxygen atoms in total. The van der Waals surface area contributed by atoms with Crippen molar-refractivity contribution in [2.24, 2.45) is 0 Å². The third-order valence-corrected chi connectivity index (χ3v) is 4.89. The van der Waals surface area contributed by atoms with Gasteiger partial charge in [0.05, 0.1) is 11.1 Å². The van der Waals surface area contributed by atoms with Gasteiger partial charge in [0, 0.05) is 11.1 Å². The van der Waals surface area contributed by atoms with Crippen LogP contribution in [-0.4, -0.2) is 0 Å². The predicted molar refractivity (Wildman–Crippen MR) is 115 cm³/mol. The molecule has 0 bridgehead atoms. The minimum absolute atomic E-state index is 0.0429. The van der Waals surface area contributed by atoms with Gasteiger partial charge in [-0.1, -0.05) is 43.1 Å². The van der Waals surface area contributed by atoms with Crippen LogP contribution in [0.3, 0.4) is 0 Å². The molecule has 180 valence electrons. The lowest BCUT2D eigenvalue weighted by Crippen LogP contribution is -2.11. The Bertz CT molecular complexity index is 1330. The lowest BCUT2D eigenvalue weighted by atomic mass is 10.1. The molecule has 0 aromatic heterocycles. The Balaban J connectivity index is 1.87. The molecule has 0 saturated carbocycles. The average molecular weight is 492 g/mol. The fraction of sp³-hybridized carbons (Fsp3) is 0.185. The second kappa shape index (κ2) is 10.7. The fourth-order valence-electron chi connectivity index (χ4n) is 3.15. The minimum atomic E-state index is -5.25. The molecule has 0 radical (unpaired) electrons. The Morgan fingerprint density at radius 3 is 1.71 bits per heavy atom. The summed E-state index contributed by atoms with van der Waals surface area (Å²) in [6, 6.07) is 6.85. The van der Waals surface area contributed by atoms with E-state index in [1.807, 2.05) is 18.8 Å². The van der Waals surface area contributed by atoms with Crippen LogP contribution in [-0.2, 0) is 12.6 Å². The molecule has 0 heterocycles. The molecule has 0 spiro atoms. The van der Waals surface area contributed by atoms with Gasteiger partial charge in [0.15, 0.2) is 0 Å². The summed E-state index contributed by atoms with van der Waals surface area (Å²) in [5.74, 6) is 2.33. The third kappa shape index (κ3) is 6.42. The van der Waals surface area contributed by atoms with E-state index in [1.165, 1.54) is 12.1 Å². The van der Waals surface area contributed by atoms with Crippen LogP contribution in [0.4, 0.5) is 35.1 Å². The maximum atomic E-state index is 14.4. The fourth-order valence-corrected chi connectivity index (χ4v) is 3.15. The molecule has 0 fully saturated rings. The molecule has 35 heavy (non-hydrogen) atoms. The Hall–Kier alpha value is -3.78. The predicted octanol–water partition coefficient (Wildman–Crippen LogP) is 7.54. The lowest BCUT2D eigenvalue weighted by Gasteiger charge is -2.09. The molecule has 0 N–H and O–H groups in total. The van der Waals surface area contributed by atoms with Gasteiger partial charge in [0.1, 0.15) is 34.6 Å². The minimum Gasteiger partial charge on any atom is -0.206 e. The summed E-state index contributed by atoms with van der Waals surface area (Å²) in [5.41, 5.74) is -2.68. The molecule has 0 aliphatic heterocycles. The van der Waals surface area contributed by atoms with Gasteiger partial charge in [-0.25, -0.2) is 22.0 Å². The normalized spacial score (nSPS) is 10.9. The first-order valence-electron chi connectivity index (χ1n) is 10.4. The van der Waals surface area contributed by atoms with Crippen LogP contribution >= 0.6 is 0 Å². The van der Waals surface area contributed by atoms with Gasteiger partial charge >= 0.3 is 6.18 Å². The van der Waals surface area contributed by atoms with E-state index >= 15 is 0 Å². The molecule has 8 heteroatoms. The number of unbranched alkanes of at least 4 members (excludes halogenated alkanes) is 1. The summed E-state index contributed by atoms with van der Waals surface area (Å²) in [7, 11) is 0. The maximum absolute atomic E-state index is 14.4. The van der Waals surface area contributed by atoms with E-state index in [0.717, 1.165) is 30.5 Å². The van der Waals surface area contributed by atoms with Crippen LogP contribution in [0.2, 0.25) is 0 Å². The van der Waals surface area contributed by atoms with Gasteiger partial charge in [-0.2, -0.15) is 13.2 Å². The van der Waals surface area contributed by atoms with E-state index in [4.69, 9.17) is 0 Å². The molecule has 3 aromatic carbocycles. The highest BCUT2D eigenvalue weighted by Gasteiger charge is 2.37. The number of hydrogen-bond acceptors (Lipinski definition) is 0. The van der Waals surface area contributed by atoms with Crippen LogP contribution in [0.1, 0.15) is 53.1 Å². The molecular weight excluding hydrogens is 476 g/mol. The van der Waals surface area contributed by atoms with Gasteiger partial charge < -0.3 is 0 Å². The van der Waals surface area contributed by atoms with Crippen LogP contribution < -0.4 is 0 Å². The van der Waals surface area contributed by atoms with Gasteiger partial charge in [0.25, 0.3) is 0 Å². The van der Waals surface area contributed by atoms with Crippen molar-refractivity contribution in [1.29, 1.82) is 0 Å². The van der Waals surface area contributed by atoms with E-state index in [-0.39, 0.29) is 11.1 Å². The van der Waals surface area contributed by atoms with E-state index in [9.17, 15) is 35.1 Å². The first-order valence-corrected chi connectivity index (χ1v) is 10.4. The second-order valence-corrected chi connectivity index (χ2v) is 7.55. The Morgan fingerprint density at radius 1 is 0.657 bits per heavy atom. The van der Waals surface area contributed by atoms with Crippen molar-refractivity contribution in [2.45, 2.75) is 32.4 Å². The zero-order valence-corrected chi connectivity index (χ0v) is 18.2. The topological polar surface area (TPSA) is 0 Å². The van der Waals surface area contributed by atoms with E-state index < -0.39 is 52.0 Å². The second-order valence-electron chi connectivity index (χ2n) is 7.55. The number of aryl methyl sites for hydroxylation is 1. The summed E-state index contributed by atoms with van der Waals surface area (Å²) in [6.07, 6.45) is -2.68. The van der Waals surface area contributed by atoms with Gasteiger partial charge in [0.2, 0.25) is 0 Å². The first kappa shape index (κ1) is 25.8. The van der Waals surface area contributed by atoms with Crippen molar-refractivity contribution < 1.29 is 35.1 Å². The van der Waals surface area contributed by atoms with Crippen LogP contribution in [0.5, 0.6) is 0 Å². The summed E-state index contributed by atoms with van der Waals surface area (Å²) in [5, 5.41) is 0. The third-order valence-electron chi connectivity index (χ3n) is 4.89. The van der Waals surface area contributed by atoms with Crippen molar-refractivity contribution in [1.82, 2.24) is 0 Å². The van der Waals surface area contributed by atoms with Gasteiger partial charge in [-0.3, -0.25) is 0 Å². The molecule has 0 aliphatic carbocycles. The summed E-state index contributed by atoms with van der Waals surface area (Å²) in [6.45, 7) is 2.01. The standard InChI is InChI=1S/C27H16F8/c1-2-3-4-16-5-8-19(21(28)11-16)9-6-17-12-22(29)20(23(30)13-17)10-7-18-14-24(31)26(25(32)15-18)27(33,34)35/h5,8,11-15H,2-4H2,1H3. The quantitative estimate of drug-likeness (QED) is 0.262. The largest absolute Gasteiger partial charge is 0.422 e. The zero-order valence-electron chi connectivity index (χ0n) is 18.2. The number of alkyl halides is 3. The molecule has 0 atom stereocenters. The summed E-state index contributed by atoms with van der Waals surface area (Å²) < 4.78 is 108. The highest BCUT2D eigenvalue weighted by atomic mass is 19.4. The Kier molecular flexibility index (Phi) is 7.86. The highest BCUT2D eigenvalue weighted by Crippen LogP contribution is 2.33. The van der Waals surface area contributed by atoms with Crippen LogP contribution in [0.15, 0.2) is 42.5 Å². The van der Waals surface area contributed by atoms with Gasteiger partial charge in [-0.05, 0) is 54.8 Å². The summed E-state index contributed by atoms with van der Waals surface area (Å²) in [4.78, 5) is 0. The zero-order chi connectivity index (χ0) is 25.8. The number of benzene rings is 3. The molecule has 3 rings (SSSR count). The molecule has 0 amide bonds. The van der Waals surface area contributed by atoms with Crippen molar-refractivity contribution >= 4 is 0 Å². The van der Waals surface area contributed by atoms with Crippen molar-refractivity contribution in [3.63, 3.8) is 0 Å². The van der Waals surface area contributed by atoms with Crippen LogP contribution in [0.25, 0.3) is 0 Å². The highest BCUT2D eigenvalue weighted by molar-refractivity contribution is 5.50. The number of halogens is 8. The molecule has 0 saturated heterocycles. The first-order chi connectivity index (χ1) is 16.5. The monoisotopic (exact) mass is 492 g/mol. The average Bonchev–Trinajstić information content (AvgIpc) is 2.75. The van der Waals surface area contributed by atoms with Gasteiger partial charge in [-0.15, -0.1) is 0 Å². The van der Waals surface area contributed by atoms with Crippen molar-refractivity contribution in [3.8, 4) is 23.7 Å². The molecular formula is C27H16F8. The number of rotatable bonds is 3. The van der Waals surface area contributed by atoms with Crippen molar-refractivity contribution in [3.05, 3.63) is 105 Å². The lowest BCUT2D eigenvalue weighted by molar-refractivity contribution is -0.142. The van der Waals surface area contributed by atoms with E-state index in [2.05, 4.69) is 11.8 Å². The number of hydrogen-bond donors (Lipinski definition) is 0. The SMILES string of the molecule is CCCCc1ccc(C#Cc2cc(F)c(C#Cc3cc(F)c(C(F)(F)F)c(F)c3)c(F)c2)c(F)c1. The van der Waals surface area contributed by atoms with E-state index in [0.29, 0.717) is 18.6 Å². The van der Waals surface area contributed by atoms with E-state index in [1.54, 1.807) is 6.07 Å². The maximum Gasteiger partial charge on any atom is 0.422 e. The van der Waals surface area contributed by atoms with Crippen LogP contribution in [0, 0.1) is 52.8 Å².